The molecular formula is C13H16N2O3S. The lowest BCUT2D eigenvalue weighted by molar-refractivity contribution is 0.171. The lowest BCUT2D eigenvalue weighted by atomic mass is 9.78. The minimum Gasteiger partial charge on any atom is -0.497 e. The number of nitriles is 1. The van der Waals surface area contributed by atoms with Crippen molar-refractivity contribution >= 4 is 10.0 Å². The Kier molecular flexibility index (Phi) is 3.52. The summed E-state index contributed by atoms with van der Waals surface area (Å²) in [4.78, 5) is 0.178. The van der Waals surface area contributed by atoms with E-state index in [-0.39, 0.29) is 4.90 Å². The normalized spacial score (nSPS) is 17.6. The van der Waals surface area contributed by atoms with Gasteiger partial charge in [0.1, 0.15) is 11.3 Å². The molecule has 0 aromatic heterocycles. The SMILES string of the molecule is COc1ccc(S(=O)(=O)N(C)C2(C#N)CCC2)cc1. The van der Waals surface area contributed by atoms with Crippen LogP contribution in [0.3, 0.4) is 0 Å². The number of hydrogen-bond donors (Lipinski definition) is 0. The second-order valence-electron chi connectivity index (χ2n) is 4.65. The maximum atomic E-state index is 12.5. The Hall–Kier alpha value is -1.58. The highest BCUT2D eigenvalue weighted by atomic mass is 32.2. The fourth-order valence-electron chi connectivity index (χ4n) is 2.14. The summed E-state index contributed by atoms with van der Waals surface area (Å²) < 4.78 is 31.1. The third kappa shape index (κ3) is 2.20. The molecule has 0 N–H and O–H groups in total. The lowest BCUT2D eigenvalue weighted by Gasteiger charge is -2.41. The van der Waals surface area contributed by atoms with Gasteiger partial charge in [-0.05, 0) is 43.5 Å². The summed E-state index contributed by atoms with van der Waals surface area (Å²) in [6, 6.07) is 8.32. The summed E-state index contributed by atoms with van der Waals surface area (Å²) >= 11 is 0. The van der Waals surface area contributed by atoms with E-state index in [0.717, 1.165) is 6.42 Å². The van der Waals surface area contributed by atoms with Gasteiger partial charge in [-0.25, -0.2) is 8.42 Å². The topological polar surface area (TPSA) is 70.4 Å². The van der Waals surface area contributed by atoms with Crippen LogP contribution in [0, 0.1) is 11.3 Å². The Morgan fingerprint density at radius 2 is 1.89 bits per heavy atom. The molecule has 0 spiro atoms. The van der Waals surface area contributed by atoms with Crippen LogP contribution in [0.2, 0.25) is 0 Å². The van der Waals surface area contributed by atoms with Gasteiger partial charge in [-0.2, -0.15) is 9.57 Å². The van der Waals surface area contributed by atoms with E-state index in [1.165, 1.54) is 30.6 Å². The molecule has 102 valence electrons. The van der Waals surface area contributed by atoms with Crippen LogP contribution in [0.5, 0.6) is 5.75 Å². The van der Waals surface area contributed by atoms with Crippen molar-refractivity contribution < 1.29 is 13.2 Å². The van der Waals surface area contributed by atoms with Crippen LogP contribution in [-0.2, 0) is 10.0 Å². The summed E-state index contributed by atoms with van der Waals surface area (Å²) in [6.45, 7) is 0. The van der Waals surface area contributed by atoms with E-state index in [4.69, 9.17) is 4.74 Å². The Morgan fingerprint density at radius 3 is 2.26 bits per heavy atom. The number of ether oxygens (including phenoxy) is 1. The monoisotopic (exact) mass is 280 g/mol. The zero-order valence-electron chi connectivity index (χ0n) is 11.0. The number of methoxy groups -OCH3 is 1. The fraction of sp³-hybridized carbons (Fsp3) is 0.462. The highest BCUT2D eigenvalue weighted by molar-refractivity contribution is 7.89. The molecule has 1 fully saturated rings. The third-order valence-corrected chi connectivity index (χ3v) is 5.65. The molecule has 0 aliphatic heterocycles. The van der Waals surface area contributed by atoms with Gasteiger partial charge in [-0.15, -0.1) is 0 Å². The third-order valence-electron chi connectivity index (χ3n) is 3.71. The number of sulfonamides is 1. The molecule has 1 aromatic rings. The van der Waals surface area contributed by atoms with E-state index in [9.17, 15) is 13.7 Å². The van der Waals surface area contributed by atoms with E-state index >= 15 is 0 Å². The molecule has 0 amide bonds. The lowest BCUT2D eigenvalue weighted by Crippen LogP contribution is -2.53. The van der Waals surface area contributed by atoms with Crippen LogP contribution in [0.1, 0.15) is 19.3 Å². The smallest absolute Gasteiger partial charge is 0.244 e. The van der Waals surface area contributed by atoms with Crippen molar-refractivity contribution in [3.63, 3.8) is 0 Å². The Balaban J connectivity index is 2.34. The number of rotatable bonds is 4. The molecule has 19 heavy (non-hydrogen) atoms. The first-order chi connectivity index (χ1) is 8.96. The molecule has 1 aliphatic rings. The highest BCUT2D eigenvalue weighted by Crippen LogP contribution is 2.39. The predicted octanol–water partition coefficient (Wildman–Crippen LogP) is 1.76. The highest BCUT2D eigenvalue weighted by Gasteiger charge is 2.46. The van der Waals surface area contributed by atoms with Crippen molar-refractivity contribution in [2.24, 2.45) is 0 Å². The summed E-state index contributed by atoms with van der Waals surface area (Å²) in [5.41, 5.74) is -0.876. The summed E-state index contributed by atoms with van der Waals surface area (Å²) in [5, 5.41) is 9.22. The van der Waals surface area contributed by atoms with Gasteiger partial charge in [0.15, 0.2) is 0 Å². The summed E-state index contributed by atoms with van der Waals surface area (Å²) in [6.07, 6.45) is 2.07. The number of nitrogens with zero attached hydrogens (tertiary/aromatic N) is 2. The average molecular weight is 280 g/mol. The zero-order valence-corrected chi connectivity index (χ0v) is 11.8. The second kappa shape index (κ2) is 4.83. The van der Waals surface area contributed by atoms with Gasteiger partial charge in [0.05, 0.1) is 18.1 Å². The maximum Gasteiger partial charge on any atom is 0.244 e. The molecular weight excluding hydrogens is 264 g/mol. The first-order valence-electron chi connectivity index (χ1n) is 6.01. The van der Waals surface area contributed by atoms with Crippen molar-refractivity contribution in [2.45, 2.75) is 29.7 Å². The molecule has 0 unspecified atom stereocenters. The largest absolute Gasteiger partial charge is 0.497 e. The standard InChI is InChI=1S/C13H16N2O3S/c1-15(13(10-14)8-3-9-13)19(16,17)12-6-4-11(18-2)5-7-12/h4-7H,3,8-9H2,1-2H3. The van der Waals surface area contributed by atoms with Gasteiger partial charge < -0.3 is 4.74 Å². The molecule has 5 nitrogen and oxygen atoms in total. The van der Waals surface area contributed by atoms with Crippen molar-refractivity contribution in [1.82, 2.24) is 4.31 Å². The van der Waals surface area contributed by atoms with Crippen molar-refractivity contribution in [3.8, 4) is 11.8 Å². The minimum atomic E-state index is -3.64. The fourth-order valence-corrected chi connectivity index (χ4v) is 3.62. The number of benzene rings is 1. The van der Waals surface area contributed by atoms with Gasteiger partial charge in [0, 0.05) is 7.05 Å². The van der Waals surface area contributed by atoms with Crippen LogP contribution >= 0.6 is 0 Å². The molecule has 0 bridgehead atoms. The molecule has 2 rings (SSSR count). The quantitative estimate of drug-likeness (QED) is 0.842. The van der Waals surface area contributed by atoms with E-state index in [0.29, 0.717) is 18.6 Å². The molecule has 0 atom stereocenters. The van der Waals surface area contributed by atoms with E-state index < -0.39 is 15.6 Å². The van der Waals surface area contributed by atoms with Crippen LogP contribution in [0.15, 0.2) is 29.2 Å². The van der Waals surface area contributed by atoms with Crippen LogP contribution < -0.4 is 4.74 Å². The van der Waals surface area contributed by atoms with Crippen LogP contribution in [0.25, 0.3) is 0 Å². The van der Waals surface area contributed by atoms with Gasteiger partial charge in [0.25, 0.3) is 0 Å². The molecule has 1 aliphatic carbocycles. The predicted molar refractivity (Wildman–Crippen MR) is 70.1 cm³/mol. The average Bonchev–Trinajstić information content (AvgIpc) is 2.38. The Morgan fingerprint density at radius 1 is 1.32 bits per heavy atom. The Bertz CT molecular complexity index is 598. The second-order valence-corrected chi connectivity index (χ2v) is 6.61. The summed E-state index contributed by atoms with van der Waals surface area (Å²) in [7, 11) is -0.643. The molecule has 0 radical (unpaired) electrons. The first-order valence-corrected chi connectivity index (χ1v) is 7.45. The van der Waals surface area contributed by atoms with Crippen molar-refractivity contribution in [3.05, 3.63) is 24.3 Å². The molecule has 6 heteroatoms. The Labute approximate surface area is 113 Å². The molecule has 0 heterocycles. The van der Waals surface area contributed by atoms with E-state index in [1.807, 2.05) is 0 Å². The van der Waals surface area contributed by atoms with Crippen molar-refractivity contribution in [1.29, 1.82) is 5.26 Å². The first kappa shape index (κ1) is 13.8. The van der Waals surface area contributed by atoms with Crippen LogP contribution in [-0.4, -0.2) is 32.4 Å². The van der Waals surface area contributed by atoms with Gasteiger partial charge in [-0.3, -0.25) is 0 Å². The van der Waals surface area contributed by atoms with E-state index in [1.54, 1.807) is 12.1 Å². The van der Waals surface area contributed by atoms with Gasteiger partial charge in [0.2, 0.25) is 10.0 Å². The molecule has 1 aromatic carbocycles. The van der Waals surface area contributed by atoms with Gasteiger partial charge >= 0.3 is 0 Å². The number of hydrogen-bond acceptors (Lipinski definition) is 4. The molecule has 1 saturated carbocycles. The van der Waals surface area contributed by atoms with E-state index in [2.05, 4.69) is 6.07 Å². The minimum absolute atomic E-state index is 0.178. The summed E-state index contributed by atoms with van der Waals surface area (Å²) in [5.74, 6) is 0.597. The molecule has 0 saturated heterocycles. The van der Waals surface area contributed by atoms with Crippen molar-refractivity contribution in [2.75, 3.05) is 14.2 Å². The van der Waals surface area contributed by atoms with Crippen LogP contribution in [0.4, 0.5) is 0 Å². The van der Waals surface area contributed by atoms with Gasteiger partial charge in [-0.1, -0.05) is 0 Å². The maximum absolute atomic E-state index is 12.5. The zero-order chi connectivity index (χ0) is 14.1.